The van der Waals surface area contributed by atoms with Gasteiger partial charge in [-0.3, -0.25) is 4.79 Å². The van der Waals surface area contributed by atoms with E-state index in [1.54, 1.807) is 0 Å². The molecule has 96 valence electrons. The van der Waals surface area contributed by atoms with Crippen molar-refractivity contribution in [2.24, 2.45) is 5.92 Å². The summed E-state index contributed by atoms with van der Waals surface area (Å²) in [6.07, 6.45) is 6.32. The van der Waals surface area contributed by atoms with Crippen LogP contribution in [0, 0.1) is 5.92 Å². The quantitative estimate of drug-likeness (QED) is 0.836. The second-order valence-corrected chi connectivity index (χ2v) is 5.51. The molecular formula is C15H20N2O. The highest BCUT2D eigenvalue weighted by Crippen LogP contribution is 2.26. The van der Waals surface area contributed by atoms with E-state index in [4.69, 9.17) is 0 Å². The summed E-state index contributed by atoms with van der Waals surface area (Å²) >= 11 is 0. The lowest BCUT2D eigenvalue weighted by molar-refractivity contribution is 0.0951. The fourth-order valence-electron chi connectivity index (χ4n) is 2.23. The van der Waals surface area contributed by atoms with Crippen LogP contribution >= 0.6 is 0 Å². The Hall–Kier alpha value is -1.51. The largest absolute Gasteiger partial charge is 0.385 e. The topological polar surface area (TPSA) is 41.1 Å². The van der Waals surface area contributed by atoms with Crippen molar-refractivity contribution in [2.45, 2.75) is 38.1 Å². The van der Waals surface area contributed by atoms with Crippen molar-refractivity contribution in [1.82, 2.24) is 5.32 Å². The van der Waals surface area contributed by atoms with Crippen LogP contribution in [0.25, 0.3) is 0 Å². The van der Waals surface area contributed by atoms with Crippen LogP contribution in [0.5, 0.6) is 0 Å². The average molecular weight is 244 g/mol. The fraction of sp³-hybridized carbons (Fsp3) is 0.533. The Morgan fingerprint density at radius 1 is 1.22 bits per heavy atom. The molecule has 0 saturated heterocycles. The van der Waals surface area contributed by atoms with E-state index in [2.05, 4.69) is 10.6 Å². The van der Waals surface area contributed by atoms with Gasteiger partial charge in [-0.2, -0.15) is 0 Å². The molecule has 3 heteroatoms. The first kappa shape index (κ1) is 11.6. The van der Waals surface area contributed by atoms with E-state index in [-0.39, 0.29) is 5.91 Å². The maximum Gasteiger partial charge on any atom is 0.251 e. The summed E-state index contributed by atoms with van der Waals surface area (Å²) in [7, 11) is 0. The second kappa shape index (κ2) is 5.01. The molecule has 2 aliphatic carbocycles. The Kier molecular flexibility index (Phi) is 3.22. The number of nitrogens with one attached hydrogen (secondary N) is 2. The molecular weight excluding hydrogens is 224 g/mol. The minimum absolute atomic E-state index is 0.0600. The van der Waals surface area contributed by atoms with Crippen molar-refractivity contribution in [3.05, 3.63) is 29.8 Å². The maximum absolute atomic E-state index is 11.9. The number of anilines is 1. The molecule has 2 saturated carbocycles. The summed E-state index contributed by atoms with van der Waals surface area (Å²) in [5.74, 6) is 0.888. The SMILES string of the molecule is O=C(NC1CC1)c1cccc(NCC2CCC2)c1. The molecule has 0 aromatic heterocycles. The molecule has 2 fully saturated rings. The number of carbonyl (C=O) groups excluding carboxylic acids is 1. The lowest BCUT2D eigenvalue weighted by atomic mass is 9.85. The fourth-order valence-corrected chi connectivity index (χ4v) is 2.23. The van der Waals surface area contributed by atoms with Crippen LogP contribution in [-0.2, 0) is 0 Å². The van der Waals surface area contributed by atoms with Crippen molar-refractivity contribution in [2.75, 3.05) is 11.9 Å². The second-order valence-electron chi connectivity index (χ2n) is 5.51. The van der Waals surface area contributed by atoms with Crippen molar-refractivity contribution < 1.29 is 4.79 Å². The van der Waals surface area contributed by atoms with Crippen LogP contribution in [0.4, 0.5) is 5.69 Å². The van der Waals surface area contributed by atoms with Crippen LogP contribution < -0.4 is 10.6 Å². The maximum atomic E-state index is 11.9. The Bertz CT molecular complexity index is 436. The summed E-state index contributed by atoms with van der Waals surface area (Å²) in [5.41, 5.74) is 1.82. The van der Waals surface area contributed by atoms with Gasteiger partial charge in [0.25, 0.3) is 5.91 Å². The highest BCUT2D eigenvalue weighted by molar-refractivity contribution is 5.95. The van der Waals surface area contributed by atoms with Gasteiger partial charge in [-0.05, 0) is 49.8 Å². The van der Waals surface area contributed by atoms with Crippen LogP contribution in [0.15, 0.2) is 24.3 Å². The molecule has 0 heterocycles. The van der Waals surface area contributed by atoms with Gasteiger partial charge in [-0.15, -0.1) is 0 Å². The molecule has 1 aromatic carbocycles. The third-order valence-electron chi connectivity index (χ3n) is 3.86. The third kappa shape index (κ3) is 2.84. The van der Waals surface area contributed by atoms with E-state index in [1.807, 2.05) is 24.3 Å². The number of rotatable bonds is 5. The smallest absolute Gasteiger partial charge is 0.251 e. The van der Waals surface area contributed by atoms with Crippen molar-refractivity contribution in [3.8, 4) is 0 Å². The normalized spacial score (nSPS) is 19.1. The molecule has 0 atom stereocenters. The predicted molar refractivity (Wildman–Crippen MR) is 72.8 cm³/mol. The summed E-state index contributed by atoms with van der Waals surface area (Å²) in [6, 6.07) is 8.24. The van der Waals surface area contributed by atoms with Crippen molar-refractivity contribution in [3.63, 3.8) is 0 Å². The number of carbonyl (C=O) groups is 1. The molecule has 18 heavy (non-hydrogen) atoms. The summed E-state index contributed by atoms with van der Waals surface area (Å²) in [5, 5.41) is 6.45. The van der Waals surface area contributed by atoms with E-state index < -0.39 is 0 Å². The molecule has 0 unspecified atom stereocenters. The number of amides is 1. The zero-order valence-electron chi connectivity index (χ0n) is 10.6. The van der Waals surface area contributed by atoms with Gasteiger partial charge in [0, 0.05) is 23.8 Å². The van der Waals surface area contributed by atoms with Crippen molar-refractivity contribution in [1.29, 1.82) is 0 Å². The van der Waals surface area contributed by atoms with Gasteiger partial charge in [0.1, 0.15) is 0 Å². The Morgan fingerprint density at radius 2 is 2.06 bits per heavy atom. The molecule has 2 N–H and O–H groups in total. The summed E-state index contributed by atoms with van der Waals surface area (Å²) in [6.45, 7) is 1.04. The highest BCUT2D eigenvalue weighted by Gasteiger charge is 2.23. The minimum Gasteiger partial charge on any atom is -0.385 e. The molecule has 0 spiro atoms. The van der Waals surface area contributed by atoms with Gasteiger partial charge in [0.15, 0.2) is 0 Å². The number of hydrogen-bond donors (Lipinski definition) is 2. The molecule has 0 aliphatic heterocycles. The number of hydrogen-bond acceptors (Lipinski definition) is 2. The van der Waals surface area contributed by atoms with Crippen LogP contribution in [0.1, 0.15) is 42.5 Å². The van der Waals surface area contributed by atoms with Gasteiger partial charge in [-0.1, -0.05) is 12.5 Å². The van der Waals surface area contributed by atoms with E-state index in [9.17, 15) is 4.79 Å². The lowest BCUT2D eigenvalue weighted by Crippen LogP contribution is -2.25. The lowest BCUT2D eigenvalue weighted by Gasteiger charge is -2.25. The van der Waals surface area contributed by atoms with Gasteiger partial charge < -0.3 is 10.6 Å². The van der Waals surface area contributed by atoms with Gasteiger partial charge >= 0.3 is 0 Å². The van der Waals surface area contributed by atoms with Crippen LogP contribution in [0.2, 0.25) is 0 Å². The van der Waals surface area contributed by atoms with Crippen molar-refractivity contribution >= 4 is 11.6 Å². The molecule has 3 rings (SSSR count). The Labute approximate surface area is 108 Å². The first-order chi connectivity index (χ1) is 8.81. The first-order valence-corrected chi connectivity index (χ1v) is 6.96. The van der Waals surface area contributed by atoms with E-state index >= 15 is 0 Å². The summed E-state index contributed by atoms with van der Waals surface area (Å²) in [4.78, 5) is 11.9. The molecule has 0 radical (unpaired) electrons. The summed E-state index contributed by atoms with van der Waals surface area (Å²) < 4.78 is 0. The van der Waals surface area contributed by atoms with Gasteiger partial charge in [-0.25, -0.2) is 0 Å². The van der Waals surface area contributed by atoms with Crippen LogP contribution in [-0.4, -0.2) is 18.5 Å². The molecule has 0 bridgehead atoms. The first-order valence-electron chi connectivity index (χ1n) is 6.96. The van der Waals surface area contributed by atoms with Gasteiger partial charge in [0.05, 0.1) is 0 Å². The highest BCUT2D eigenvalue weighted by atomic mass is 16.1. The third-order valence-corrected chi connectivity index (χ3v) is 3.86. The van der Waals surface area contributed by atoms with E-state index in [1.165, 1.54) is 19.3 Å². The standard InChI is InChI=1S/C15H20N2O/c18-15(17-13-7-8-13)12-5-2-6-14(9-12)16-10-11-3-1-4-11/h2,5-6,9,11,13,16H,1,3-4,7-8,10H2,(H,17,18). The molecule has 2 aliphatic rings. The van der Waals surface area contributed by atoms with Crippen LogP contribution in [0.3, 0.4) is 0 Å². The Morgan fingerprint density at radius 3 is 2.72 bits per heavy atom. The zero-order chi connectivity index (χ0) is 12.4. The van der Waals surface area contributed by atoms with E-state index in [0.29, 0.717) is 6.04 Å². The molecule has 3 nitrogen and oxygen atoms in total. The number of benzene rings is 1. The van der Waals surface area contributed by atoms with E-state index in [0.717, 1.165) is 36.6 Å². The zero-order valence-corrected chi connectivity index (χ0v) is 10.6. The van der Waals surface area contributed by atoms with Gasteiger partial charge in [0.2, 0.25) is 0 Å². The average Bonchev–Trinajstić information content (AvgIpc) is 3.11. The Balaban J connectivity index is 1.58. The molecule has 1 amide bonds. The monoisotopic (exact) mass is 244 g/mol. The minimum atomic E-state index is 0.0600. The predicted octanol–water partition coefficient (Wildman–Crippen LogP) is 2.79. The molecule has 1 aromatic rings.